The summed E-state index contributed by atoms with van der Waals surface area (Å²) in [5.74, 6) is 0.247. The van der Waals surface area contributed by atoms with Crippen LogP contribution in [-0.4, -0.2) is 62.3 Å². The number of methoxy groups -OCH3 is 1. The summed E-state index contributed by atoms with van der Waals surface area (Å²) in [4.78, 5) is 31.9. The highest BCUT2D eigenvalue weighted by Crippen LogP contribution is 2.23. The number of nitrogens with zero attached hydrogens (tertiary/aromatic N) is 2. The Labute approximate surface area is 180 Å². The second-order valence-electron chi connectivity index (χ2n) is 7.18. The molecule has 162 valence electrons. The molecule has 1 aromatic carbocycles. The van der Waals surface area contributed by atoms with E-state index in [4.69, 9.17) is 4.74 Å². The van der Waals surface area contributed by atoms with Crippen molar-refractivity contribution >= 4 is 33.0 Å². The van der Waals surface area contributed by atoms with Crippen LogP contribution in [0.2, 0.25) is 0 Å². The third-order valence-corrected chi connectivity index (χ3v) is 6.95. The number of rotatable bonds is 7. The minimum Gasteiger partial charge on any atom is -0.497 e. The predicted octanol–water partition coefficient (Wildman–Crippen LogP) is 1.44. The van der Waals surface area contributed by atoms with Gasteiger partial charge in [-0.1, -0.05) is 12.1 Å². The second kappa shape index (κ2) is 9.57. The molecule has 0 atom stereocenters. The van der Waals surface area contributed by atoms with Gasteiger partial charge < -0.3 is 15.0 Å². The number of benzene rings is 1. The van der Waals surface area contributed by atoms with E-state index in [1.807, 2.05) is 24.3 Å². The number of nitrogens with one attached hydrogen (secondary N) is 1. The number of carbonyl (C=O) groups is 2. The van der Waals surface area contributed by atoms with Gasteiger partial charge in [0.05, 0.1) is 18.6 Å². The van der Waals surface area contributed by atoms with E-state index in [0.717, 1.165) is 28.1 Å². The van der Waals surface area contributed by atoms with Gasteiger partial charge in [0.25, 0.3) is 5.91 Å². The van der Waals surface area contributed by atoms with E-state index in [0.29, 0.717) is 37.5 Å². The van der Waals surface area contributed by atoms with Crippen molar-refractivity contribution in [3.63, 3.8) is 0 Å². The molecule has 8 nitrogen and oxygen atoms in total. The zero-order valence-corrected chi connectivity index (χ0v) is 18.6. The highest BCUT2D eigenvalue weighted by Gasteiger charge is 2.23. The first-order valence-electron chi connectivity index (χ1n) is 9.60. The van der Waals surface area contributed by atoms with Crippen LogP contribution in [0.4, 0.5) is 0 Å². The Bertz CT molecular complexity index is 990. The fourth-order valence-corrected chi connectivity index (χ4v) is 4.70. The van der Waals surface area contributed by atoms with Crippen molar-refractivity contribution in [2.45, 2.75) is 25.8 Å². The molecule has 0 saturated heterocycles. The lowest BCUT2D eigenvalue weighted by molar-refractivity contribution is -0.130. The van der Waals surface area contributed by atoms with Gasteiger partial charge in [-0.15, -0.1) is 11.3 Å². The van der Waals surface area contributed by atoms with Gasteiger partial charge in [-0.2, -0.15) is 0 Å². The lowest BCUT2D eigenvalue weighted by Gasteiger charge is -2.19. The normalized spacial score (nSPS) is 14.0. The minimum absolute atomic E-state index is 0.00106. The van der Waals surface area contributed by atoms with Crippen LogP contribution in [0.1, 0.15) is 32.4 Å². The predicted molar refractivity (Wildman–Crippen MR) is 115 cm³/mol. The summed E-state index contributed by atoms with van der Waals surface area (Å²) in [6.45, 7) is 1.38. The van der Waals surface area contributed by atoms with Crippen LogP contribution in [0.3, 0.4) is 0 Å². The van der Waals surface area contributed by atoms with E-state index in [-0.39, 0.29) is 24.0 Å². The number of hydrogen-bond acceptors (Lipinski definition) is 7. The van der Waals surface area contributed by atoms with Crippen molar-refractivity contribution in [1.82, 2.24) is 15.2 Å². The highest BCUT2D eigenvalue weighted by atomic mass is 32.2. The summed E-state index contributed by atoms with van der Waals surface area (Å²) in [7, 11) is -1.56. The number of thiazole rings is 1. The molecular weight excluding hydrogens is 426 g/mol. The maximum atomic E-state index is 12.5. The largest absolute Gasteiger partial charge is 0.497 e. The van der Waals surface area contributed by atoms with Gasteiger partial charge in [0.15, 0.2) is 5.01 Å². The van der Waals surface area contributed by atoms with Crippen LogP contribution in [0.25, 0.3) is 0 Å². The number of sulfone groups is 1. The Kier molecular flexibility index (Phi) is 7.09. The number of ether oxygens (including phenoxy) is 1. The topological polar surface area (TPSA) is 106 Å². The average molecular weight is 452 g/mol. The van der Waals surface area contributed by atoms with Gasteiger partial charge >= 0.3 is 0 Å². The first-order valence-corrected chi connectivity index (χ1v) is 12.5. The molecule has 0 bridgehead atoms. The van der Waals surface area contributed by atoms with Crippen molar-refractivity contribution in [1.29, 1.82) is 0 Å². The van der Waals surface area contributed by atoms with Crippen molar-refractivity contribution in [3.05, 3.63) is 45.4 Å². The van der Waals surface area contributed by atoms with Crippen molar-refractivity contribution in [3.8, 4) is 5.75 Å². The number of hydrogen-bond donors (Lipinski definition) is 1. The maximum Gasteiger partial charge on any atom is 0.280 e. The molecule has 0 fully saturated rings. The number of amides is 2. The van der Waals surface area contributed by atoms with E-state index >= 15 is 0 Å². The number of fused-ring (bicyclic) bond motifs is 1. The lowest BCUT2D eigenvalue weighted by Crippen LogP contribution is -2.34. The Hall–Kier alpha value is -2.46. The zero-order valence-electron chi connectivity index (χ0n) is 17.0. The number of aromatic nitrogens is 1. The van der Waals surface area contributed by atoms with Crippen molar-refractivity contribution in [2.24, 2.45) is 0 Å². The molecule has 2 heterocycles. The molecular formula is C20H25N3O5S2. The fourth-order valence-electron chi connectivity index (χ4n) is 3.14. The van der Waals surface area contributed by atoms with Crippen molar-refractivity contribution in [2.75, 3.05) is 32.2 Å². The van der Waals surface area contributed by atoms with Crippen LogP contribution in [0.15, 0.2) is 24.3 Å². The van der Waals surface area contributed by atoms with Gasteiger partial charge in [-0.3, -0.25) is 9.59 Å². The Morgan fingerprint density at radius 1 is 1.20 bits per heavy atom. The second-order valence-corrected chi connectivity index (χ2v) is 10.5. The summed E-state index contributed by atoms with van der Waals surface area (Å²) >= 11 is 1.35. The molecule has 0 spiro atoms. The van der Waals surface area contributed by atoms with Crippen LogP contribution < -0.4 is 10.1 Å². The molecule has 0 saturated carbocycles. The summed E-state index contributed by atoms with van der Waals surface area (Å²) in [5, 5.41) is 3.30. The molecule has 1 aromatic heterocycles. The van der Waals surface area contributed by atoms with Crippen LogP contribution in [-0.2, 0) is 34.0 Å². The van der Waals surface area contributed by atoms with E-state index in [1.165, 1.54) is 11.3 Å². The SMILES string of the molecule is COc1ccc(CNC(=O)c2nc3c(s2)CCN(C(=O)CCS(C)(=O)=O)CC3)cc1. The summed E-state index contributed by atoms with van der Waals surface area (Å²) in [6.07, 6.45) is 2.30. The molecule has 3 rings (SSSR count). The van der Waals surface area contributed by atoms with Gasteiger partial charge in [0.2, 0.25) is 5.91 Å². The summed E-state index contributed by atoms with van der Waals surface area (Å²) in [5.41, 5.74) is 1.80. The standard InChI is InChI=1S/C20H25N3O5S2/c1-28-15-5-3-14(4-6-15)13-21-19(25)20-22-16-7-10-23(11-8-17(16)29-20)18(24)9-12-30(2,26)27/h3-6H,7-13H2,1-2H3,(H,21,25). The third kappa shape index (κ3) is 6.02. The number of carbonyl (C=O) groups excluding carboxylic acids is 2. The van der Waals surface area contributed by atoms with Crippen LogP contribution in [0.5, 0.6) is 5.75 Å². The Morgan fingerprint density at radius 2 is 1.90 bits per heavy atom. The average Bonchev–Trinajstić information content (AvgIpc) is 3.03. The molecule has 10 heteroatoms. The smallest absolute Gasteiger partial charge is 0.280 e. The van der Waals surface area contributed by atoms with E-state index < -0.39 is 9.84 Å². The molecule has 1 N–H and O–H groups in total. The molecule has 30 heavy (non-hydrogen) atoms. The Balaban J connectivity index is 1.54. The maximum absolute atomic E-state index is 12.5. The molecule has 1 aliphatic rings. The van der Waals surface area contributed by atoms with E-state index in [1.54, 1.807) is 12.0 Å². The molecule has 0 radical (unpaired) electrons. The molecule has 1 aliphatic heterocycles. The summed E-state index contributed by atoms with van der Waals surface area (Å²) in [6, 6.07) is 7.48. The van der Waals surface area contributed by atoms with Crippen molar-refractivity contribution < 1.29 is 22.7 Å². The van der Waals surface area contributed by atoms with Gasteiger partial charge in [-0.25, -0.2) is 13.4 Å². The molecule has 2 aromatic rings. The highest BCUT2D eigenvalue weighted by molar-refractivity contribution is 7.90. The minimum atomic E-state index is -3.16. The quantitative estimate of drug-likeness (QED) is 0.683. The van der Waals surface area contributed by atoms with Gasteiger partial charge in [-0.05, 0) is 17.7 Å². The van der Waals surface area contributed by atoms with E-state index in [9.17, 15) is 18.0 Å². The van der Waals surface area contributed by atoms with Gasteiger partial charge in [0.1, 0.15) is 15.6 Å². The van der Waals surface area contributed by atoms with Crippen LogP contribution in [0, 0.1) is 0 Å². The zero-order chi connectivity index (χ0) is 21.7. The van der Waals surface area contributed by atoms with Gasteiger partial charge in [0, 0.05) is 50.0 Å². The third-order valence-electron chi connectivity index (χ3n) is 4.85. The van der Waals surface area contributed by atoms with E-state index in [2.05, 4.69) is 10.3 Å². The monoisotopic (exact) mass is 451 g/mol. The van der Waals surface area contributed by atoms with Crippen LogP contribution >= 0.6 is 11.3 Å². The Morgan fingerprint density at radius 3 is 2.57 bits per heavy atom. The molecule has 0 unspecified atom stereocenters. The lowest BCUT2D eigenvalue weighted by atomic mass is 10.2. The fraction of sp³-hybridized carbons (Fsp3) is 0.450. The first-order chi connectivity index (χ1) is 14.2. The summed E-state index contributed by atoms with van der Waals surface area (Å²) < 4.78 is 27.7. The molecule has 0 aliphatic carbocycles. The first kappa shape index (κ1) is 22.2. The molecule has 2 amide bonds.